The lowest BCUT2D eigenvalue weighted by Crippen LogP contribution is -2.06. The SMILES string of the molecule is CCOP(CCCOc1ccc(-c2ccc(C(C)C(=O)O)cc2)cc1)OCC. The van der Waals surface area contributed by atoms with Crippen molar-refractivity contribution in [3.8, 4) is 16.9 Å². The summed E-state index contributed by atoms with van der Waals surface area (Å²) in [7, 11) is -0.805. The van der Waals surface area contributed by atoms with Crippen LogP contribution in [0.25, 0.3) is 11.1 Å². The van der Waals surface area contributed by atoms with Gasteiger partial charge in [0.05, 0.1) is 25.7 Å². The highest BCUT2D eigenvalue weighted by Crippen LogP contribution is 2.38. The number of aliphatic carboxylic acids is 1. The third-order valence-corrected chi connectivity index (χ3v) is 6.04. The molecule has 0 saturated heterocycles. The van der Waals surface area contributed by atoms with E-state index in [2.05, 4.69) is 0 Å². The van der Waals surface area contributed by atoms with Crippen LogP contribution in [0.3, 0.4) is 0 Å². The monoisotopic (exact) mass is 404 g/mol. The Bertz CT molecular complexity index is 709. The molecule has 0 aliphatic rings. The molecule has 5 nitrogen and oxygen atoms in total. The molecule has 0 radical (unpaired) electrons. The molecule has 0 aromatic heterocycles. The smallest absolute Gasteiger partial charge is 0.310 e. The molecule has 1 N–H and O–H groups in total. The molecule has 0 spiro atoms. The molecule has 28 heavy (non-hydrogen) atoms. The van der Waals surface area contributed by atoms with Crippen molar-refractivity contribution in [2.45, 2.75) is 33.1 Å². The van der Waals surface area contributed by atoms with E-state index in [0.29, 0.717) is 19.8 Å². The fraction of sp³-hybridized carbons (Fsp3) is 0.409. The Morgan fingerprint density at radius 3 is 2.00 bits per heavy atom. The Balaban J connectivity index is 1.85. The highest BCUT2D eigenvalue weighted by molar-refractivity contribution is 7.47. The van der Waals surface area contributed by atoms with Gasteiger partial charge in [0.15, 0.2) is 8.38 Å². The molecule has 2 rings (SSSR count). The Labute approximate surface area is 168 Å². The first kappa shape index (κ1) is 22.4. The summed E-state index contributed by atoms with van der Waals surface area (Å²) < 4.78 is 17.0. The maximum absolute atomic E-state index is 11.1. The van der Waals surface area contributed by atoms with Gasteiger partial charge in [0.25, 0.3) is 0 Å². The average molecular weight is 404 g/mol. The van der Waals surface area contributed by atoms with Crippen LogP contribution in [0.5, 0.6) is 5.75 Å². The summed E-state index contributed by atoms with van der Waals surface area (Å²) in [4.78, 5) is 11.1. The van der Waals surface area contributed by atoms with Crippen molar-refractivity contribution >= 4 is 14.3 Å². The van der Waals surface area contributed by atoms with Gasteiger partial charge in [0, 0.05) is 6.16 Å². The van der Waals surface area contributed by atoms with Gasteiger partial charge in [0.1, 0.15) is 5.75 Å². The van der Waals surface area contributed by atoms with Gasteiger partial charge in [-0.05, 0) is 56.0 Å². The number of hydrogen-bond acceptors (Lipinski definition) is 4. The molecule has 0 bridgehead atoms. The van der Waals surface area contributed by atoms with Gasteiger partial charge in [-0.2, -0.15) is 0 Å². The zero-order valence-corrected chi connectivity index (χ0v) is 17.7. The zero-order valence-electron chi connectivity index (χ0n) is 16.8. The van der Waals surface area contributed by atoms with Gasteiger partial charge >= 0.3 is 5.97 Å². The quantitative estimate of drug-likeness (QED) is 0.363. The molecule has 0 aliphatic heterocycles. The van der Waals surface area contributed by atoms with E-state index in [-0.39, 0.29) is 0 Å². The van der Waals surface area contributed by atoms with Crippen LogP contribution in [0, 0.1) is 0 Å². The normalized spacial score (nSPS) is 12.1. The number of carboxylic acids is 1. The maximum atomic E-state index is 11.1. The van der Waals surface area contributed by atoms with Crippen LogP contribution in [0.2, 0.25) is 0 Å². The van der Waals surface area contributed by atoms with Crippen molar-refractivity contribution in [1.82, 2.24) is 0 Å². The Morgan fingerprint density at radius 2 is 1.50 bits per heavy atom. The second-order valence-electron chi connectivity index (χ2n) is 6.30. The van der Waals surface area contributed by atoms with Crippen LogP contribution in [0.4, 0.5) is 0 Å². The van der Waals surface area contributed by atoms with Gasteiger partial charge in [-0.25, -0.2) is 0 Å². The second-order valence-corrected chi connectivity index (χ2v) is 7.93. The molecule has 1 atom stereocenters. The first-order valence-corrected chi connectivity index (χ1v) is 11.0. The fourth-order valence-electron chi connectivity index (χ4n) is 2.69. The van der Waals surface area contributed by atoms with Crippen molar-refractivity contribution in [3.63, 3.8) is 0 Å². The summed E-state index contributed by atoms with van der Waals surface area (Å²) in [5.41, 5.74) is 2.92. The van der Waals surface area contributed by atoms with E-state index in [1.807, 2.05) is 62.4 Å². The van der Waals surface area contributed by atoms with E-state index in [4.69, 9.17) is 18.9 Å². The number of ether oxygens (including phenoxy) is 1. The second kappa shape index (κ2) is 11.8. The summed E-state index contributed by atoms with van der Waals surface area (Å²) in [5, 5.41) is 9.10. The first-order chi connectivity index (χ1) is 13.5. The van der Waals surface area contributed by atoms with E-state index >= 15 is 0 Å². The van der Waals surface area contributed by atoms with Gasteiger partial charge in [-0.1, -0.05) is 36.4 Å². The number of carboxylic acid groups (broad SMARTS) is 1. The topological polar surface area (TPSA) is 65.0 Å². The molecular formula is C22H29O5P. The molecule has 6 heteroatoms. The minimum atomic E-state index is -0.815. The molecule has 0 aliphatic carbocycles. The summed E-state index contributed by atoms with van der Waals surface area (Å²) >= 11 is 0. The lowest BCUT2D eigenvalue weighted by molar-refractivity contribution is -0.138. The molecule has 2 aromatic carbocycles. The van der Waals surface area contributed by atoms with Crippen molar-refractivity contribution in [2.24, 2.45) is 0 Å². The highest BCUT2D eigenvalue weighted by atomic mass is 31.2. The highest BCUT2D eigenvalue weighted by Gasteiger charge is 2.13. The number of benzene rings is 2. The molecular weight excluding hydrogens is 375 g/mol. The van der Waals surface area contributed by atoms with Gasteiger partial charge in [-0.3, -0.25) is 4.79 Å². The maximum Gasteiger partial charge on any atom is 0.310 e. The van der Waals surface area contributed by atoms with Gasteiger partial charge in [-0.15, -0.1) is 0 Å². The van der Waals surface area contributed by atoms with Gasteiger partial charge < -0.3 is 18.9 Å². The molecule has 0 saturated carbocycles. The Morgan fingerprint density at radius 1 is 0.964 bits per heavy atom. The van der Waals surface area contributed by atoms with E-state index in [1.165, 1.54) is 0 Å². The van der Waals surface area contributed by atoms with Crippen LogP contribution >= 0.6 is 8.38 Å². The summed E-state index contributed by atoms with van der Waals surface area (Å²) in [5.74, 6) is -0.488. The Hall–Kier alpha value is -1.94. The molecule has 152 valence electrons. The largest absolute Gasteiger partial charge is 0.494 e. The Kier molecular flexibility index (Phi) is 9.42. The minimum Gasteiger partial charge on any atom is -0.494 e. The van der Waals surface area contributed by atoms with Crippen LogP contribution in [0.1, 0.15) is 38.7 Å². The number of hydrogen-bond donors (Lipinski definition) is 1. The standard InChI is InChI=1S/C22H29O5P/c1-4-26-28(27-5-2)16-6-15-25-21-13-11-20(12-14-21)19-9-7-18(8-10-19)17(3)22(23)24/h7-14,17H,4-6,15-16H2,1-3H3,(H,23,24). The number of rotatable bonds is 12. The predicted octanol–water partition coefficient (Wildman–Crippen LogP) is 5.70. The van der Waals surface area contributed by atoms with Crippen LogP contribution in [-0.2, 0) is 13.8 Å². The molecule has 2 aromatic rings. The molecule has 0 amide bonds. The van der Waals surface area contributed by atoms with Crippen LogP contribution < -0.4 is 4.74 Å². The van der Waals surface area contributed by atoms with Crippen molar-refractivity contribution in [1.29, 1.82) is 0 Å². The third-order valence-electron chi connectivity index (χ3n) is 4.27. The van der Waals surface area contributed by atoms with E-state index in [1.54, 1.807) is 6.92 Å². The molecule has 1 unspecified atom stereocenters. The predicted molar refractivity (Wildman–Crippen MR) is 113 cm³/mol. The first-order valence-electron chi connectivity index (χ1n) is 9.64. The lowest BCUT2D eigenvalue weighted by Gasteiger charge is -2.15. The van der Waals surface area contributed by atoms with Crippen molar-refractivity contribution in [2.75, 3.05) is 26.0 Å². The summed E-state index contributed by atoms with van der Waals surface area (Å²) in [6, 6.07) is 15.6. The van der Waals surface area contributed by atoms with E-state index in [0.717, 1.165) is 35.0 Å². The number of carbonyl (C=O) groups is 1. The molecule has 0 fully saturated rings. The van der Waals surface area contributed by atoms with Crippen LogP contribution in [-0.4, -0.2) is 37.1 Å². The van der Waals surface area contributed by atoms with E-state index < -0.39 is 20.3 Å². The third kappa shape index (κ3) is 6.90. The summed E-state index contributed by atoms with van der Waals surface area (Å²) in [6.45, 7) is 7.61. The van der Waals surface area contributed by atoms with Gasteiger partial charge in [0.2, 0.25) is 0 Å². The zero-order chi connectivity index (χ0) is 20.4. The van der Waals surface area contributed by atoms with Crippen LogP contribution in [0.15, 0.2) is 48.5 Å². The van der Waals surface area contributed by atoms with Crippen molar-refractivity contribution < 1.29 is 23.7 Å². The average Bonchev–Trinajstić information content (AvgIpc) is 2.71. The lowest BCUT2D eigenvalue weighted by atomic mass is 9.98. The van der Waals surface area contributed by atoms with E-state index in [9.17, 15) is 4.79 Å². The summed E-state index contributed by atoms with van der Waals surface area (Å²) in [6.07, 6.45) is 1.76. The van der Waals surface area contributed by atoms with Crippen molar-refractivity contribution in [3.05, 3.63) is 54.1 Å². The fourth-order valence-corrected chi connectivity index (χ4v) is 3.98. The molecule has 0 heterocycles. The minimum absolute atomic E-state index is 0.503.